The normalized spacial score (nSPS) is 21.4. The largest absolute Gasteiger partial charge is 0.491 e. The summed E-state index contributed by atoms with van der Waals surface area (Å²) in [5.74, 6) is 0.549. The Morgan fingerprint density at radius 1 is 1.00 bits per heavy atom. The van der Waals surface area contributed by atoms with E-state index in [4.69, 9.17) is 18.9 Å². The van der Waals surface area contributed by atoms with Crippen molar-refractivity contribution in [2.75, 3.05) is 20.3 Å². The molecule has 5 heteroatoms. The third kappa shape index (κ3) is 5.74. The van der Waals surface area contributed by atoms with Crippen LogP contribution in [0, 0.1) is 26.2 Å². The molecule has 0 N–H and O–H groups in total. The zero-order valence-electron chi connectivity index (χ0n) is 26.0. The summed E-state index contributed by atoms with van der Waals surface area (Å²) in [7, 11) is 1.49. The first-order chi connectivity index (χ1) is 20.1. The summed E-state index contributed by atoms with van der Waals surface area (Å²) in [6.07, 6.45) is 5.99. The molecule has 222 valence electrons. The van der Waals surface area contributed by atoms with Crippen LogP contribution < -0.4 is 4.74 Å². The highest BCUT2D eigenvalue weighted by Gasteiger charge is 2.54. The molecule has 0 aromatic heterocycles. The summed E-state index contributed by atoms with van der Waals surface area (Å²) in [6, 6.07) is 18.0. The molecule has 1 spiro atoms. The van der Waals surface area contributed by atoms with E-state index in [9.17, 15) is 4.79 Å². The van der Waals surface area contributed by atoms with Crippen LogP contribution in [-0.2, 0) is 38.3 Å². The van der Waals surface area contributed by atoms with Crippen molar-refractivity contribution < 1.29 is 23.7 Å². The molecule has 1 heterocycles. The number of aryl methyl sites for hydroxylation is 4. The van der Waals surface area contributed by atoms with Crippen molar-refractivity contribution in [1.82, 2.24) is 0 Å². The summed E-state index contributed by atoms with van der Waals surface area (Å²) in [5, 5.41) is 0. The average Bonchev–Trinajstić information content (AvgIpc) is 3.55. The Morgan fingerprint density at radius 3 is 2.43 bits per heavy atom. The molecule has 6 rings (SSSR count). The van der Waals surface area contributed by atoms with Crippen molar-refractivity contribution in [3.63, 3.8) is 0 Å². The average molecular weight is 569 g/mol. The third-order valence-corrected chi connectivity index (χ3v) is 9.76. The fourth-order valence-electron chi connectivity index (χ4n) is 7.37. The van der Waals surface area contributed by atoms with E-state index in [0.29, 0.717) is 31.0 Å². The lowest BCUT2D eigenvalue weighted by atomic mass is 9.86. The van der Waals surface area contributed by atoms with Crippen molar-refractivity contribution in [1.29, 1.82) is 0 Å². The van der Waals surface area contributed by atoms with Crippen LogP contribution in [0.15, 0.2) is 48.5 Å². The Bertz CT molecular complexity index is 1470. The van der Waals surface area contributed by atoms with Crippen LogP contribution >= 0.6 is 0 Å². The Labute approximate surface area is 250 Å². The van der Waals surface area contributed by atoms with Gasteiger partial charge in [-0.2, -0.15) is 0 Å². The van der Waals surface area contributed by atoms with Crippen LogP contribution in [0.1, 0.15) is 78.0 Å². The van der Waals surface area contributed by atoms with Crippen molar-refractivity contribution in [2.45, 2.75) is 91.0 Å². The molecule has 3 aromatic carbocycles. The van der Waals surface area contributed by atoms with Crippen molar-refractivity contribution in [3.05, 3.63) is 87.5 Å². The Hall–Kier alpha value is -3.15. The fourth-order valence-corrected chi connectivity index (χ4v) is 7.37. The lowest BCUT2D eigenvalue weighted by Crippen LogP contribution is -2.25. The number of hydrogen-bond donors (Lipinski definition) is 0. The van der Waals surface area contributed by atoms with E-state index in [-0.39, 0.29) is 12.1 Å². The van der Waals surface area contributed by atoms with Gasteiger partial charge < -0.3 is 18.9 Å². The molecule has 42 heavy (non-hydrogen) atoms. The smallest absolute Gasteiger partial charge is 0.306 e. The second kappa shape index (κ2) is 11.2. The number of benzene rings is 3. The molecule has 5 nitrogen and oxygen atoms in total. The molecule has 1 saturated heterocycles. The predicted octanol–water partition coefficient (Wildman–Crippen LogP) is 7.58. The van der Waals surface area contributed by atoms with Gasteiger partial charge in [0.25, 0.3) is 0 Å². The Balaban J connectivity index is 1.15. The molecule has 1 saturated carbocycles. The summed E-state index contributed by atoms with van der Waals surface area (Å²) in [6.45, 7) is 11.5. The van der Waals surface area contributed by atoms with E-state index >= 15 is 0 Å². The van der Waals surface area contributed by atoms with Crippen LogP contribution in [0.3, 0.4) is 0 Å². The Kier molecular flexibility index (Phi) is 7.69. The number of esters is 1. The molecule has 2 atom stereocenters. The first-order valence-corrected chi connectivity index (χ1v) is 15.4. The maximum atomic E-state index is 12.1. The van der Waals surface area contributed by atoms with Gasteiger partial charge in [0.15, 0.2) is 5.79 Å². The number of carbonyl (C=O) groups is 1. The van der Waals surface area contributed by atoms with Gasteiger partial charge in [-0.15, -0.1) is 0 Å². The molecule has 2 fully saturated rings. The summed E-state index contributed by atoms with van der Waals surface area (Å²) >= 11 is 0. The van der Waals surface area contributed by atoms with Crippen LogP contribution in [0.5, 0.6) is 5.75 Å². The molecular weight excluding hydrogens is 524 g/mol. The first-order valence-electron chi connectivity index (χ1n) is 15.4. The molecule has 0 radical (unpaired) electrons. The zero-order chi connectivity index (χ0) is 29.6. The second-order valence-corrected chi connectivity index (χ2v) is 13.2. The van der Waals surface area contributed by atoms with Gasteiger partial charge in [0, 0.05) is 5.92 Å². The van der Waals surface area contributed by atoms with Crippen LogP contribution in [0.4, 0.5) is 0 Å². The standard InChI is InChI=1S/C37H44O5/c1-23-16-29(40-21-30-22-41-36(4,5)42-30)17-24(2)35(23)31-9-7-8-27(25(31)3)12-10-26-11-13-32-28(18-26)20-37(14-15-37)33(32)19-34(38)39-6/h7-9,11,13,16-18,30,33H,10,12,14-15,19-22H2,1-6H3/t30-,33?/m0/s1. The minimum atomic E-state index is -0.541. The lowest BCUT2D eigenvalue weighted by molar-refractivity contribution is -0.142. The molecule has 3 aromatic rings. The van der Waals surface area contributed by atoms with E-state index in [1.54, 1.807) is 0 Å². The molecule has 1 unspecified atom stereocenters. The van der Waals surface area contributed by atoms with E-state index in [1.807, 2.05) is 13.8 Å². The SMILES string of the molecule is COC(=O)CC1c2ccc(CCc3cccc(-c4c(C)cc(OC[C@H]5COC(C)(C)O5)cc4C)c3C)cc2CC12CC2. The number of hydrogen-bond acceptors (Lipinski definition) is 5. The minimum Gasteiger partial charge on any atom is -0.491 e. The number of carbonyl (C=O) groups excluding carboxylic acids is 1. The molecule has 3 aliphatic rings. The lowest BCUT2D eigenvalue weighted by Gasteiger charge is -2.19. The summed E-state index contributed by atoms with van der Waals surface area (Å²) in [4.78, 5) is 12.1. The monoisotopic (exact) mass is 568 g/mol. The molecule has 2 aliphatic carbocycles. The number of fused-ring (bicyclic) bond motifs is 1. The molecule has 0 bridgehead atoms. The van der Waals surface area contributed by atoms with Gasteiger partial charge in [0.05, 0.1) is 20.1 Å². The van der Waals surface area contributed by atoms with Gasteiger partial charge >= 0.3 is 5.97 Å². The summed E-state index contributed by atoms with van der Waals surface area (Å²) in [5.41, 5.74) is 12.2. The predicted molar refractivity (Wildman–Crippen MR) is 165 cm³/mol. The zero-order valence-corrected chi connectivity index (χ0v) is 26.0. The van der Waals surface area contributed by atoms with Crippen molar-refractivity contribution in [3.8, 4) is 16.9 Å². The molecule has 1 aliphatic heterocycles. The maximum Gasteiger partial charge on any atom is 0.306 e. The van der Waals surface area contributed by atoms with E-state index in [2.05, 4.69) is 69.3 Å². The van der Waals surface area contributed by atoms with Crippen LogP contribution in [-0.4, -0.2) is 38.2 Å². The highest BCUT2D eigenvalue weighted by molar-refractivity contribution is 5.75. The van der Waals surface area contributed by atoms with Gasteiger partial charge in [-0.1, -0.05) is 36.4 Å². The fraction of sp³-hybridized carbons (Fsp3) is 0.486. The molecule has 0 amide bonds. The quantitative estimate of drug-likeness (QED) is 0.249. The highest BCUT2D eigenvalue weighted by Crippen LogP contribution is 2.64. The number of methoxy groups -OCH3 is 1. The number of ether oxygens (including phenoxy) is 4. The second-order valence-electron chi connectivity index (χ2n) is 13.2. The Morgan fingerprint density at radius 2 is 1.76 bits per heavy atom. The van der Waals surface area contributed by atoms with Gasteiger partial charge in [-0.05, 0) is 134 Å². The topological polar surface area (TPSA) is 54.0 Å². The van der Waals surface area contributed by atoms with Gasteiger partial charge in [-0.25, -0.2) is 0 Å². The van der Waals surface area contributed by atoms with Crippen molar-refractivity contribution >= 4 is 5.97 Å². The minimum absolute atomic E-state index is 0.0546. The summed E-state index contributed by atoms with van der Waals surface area (Å²) < 4.78 is 22.7. The van der Waals surface area contributed by atoms with Gasteiger partial charge in [-0.3, -0.25) is 4.79 Å². The molecular formula is C37H44O5. The van der Waals surface area contributed by atoms with E-state index < -0.39 is 5.79 Å². The van der Waals surface area contributed by atoms with Gasteiger partial charge in [0.1, 0.15) is 18.5 Å². The first kappa shape index (κ1) is 28.9. The maximum absolute atomic E-state index is 12.1. The van der Waals surface area contributed by atoms with E-state index in [0.717, 1.165) is 25.0 Å². The van der Waals surface area contributed by atoms with E-state index in [1.165, 1.54) is 70.0 Å². The van der Waals surface area contributed by atoms with Crippen LogP contribution in [0.25, 0.3) is 11.1 Å². The number of rotatable bonds is 9. The van der Waals surface area contributed by atoms with Crippen molar-refractivity contribution in [2.24, 2.45) is 5.41 Å². The third-order valence-electron chi connectivity index (χ3n) is 9.76. The highest BCUT2D eigenvalue weighted by atomic mass is 16.7. The van der Waals surface area contributed by atoms with Gasteiger partial charge in [0.2, 0.25) is 0 Å². The van der Waals surface area contributed by atoms with Crippen LogP contribution in [0.2, 0.25) is 0 Å².